The largest absolute Gasteiger partial charge is 0.444 e. The lowest BCUT2D eigenvalue weighted by molar-refractivity contribution is -0.124. The molecule has 1 rings (SSSR count). The molecule has 18 heavy (non-hydrogen) atoms. The van der Waals surface area contributed by atoms with Crippen LogP contribution in [-0.4, -0.2) is 46.7 Å². The first-order valence-corrected chi connectivity index (χ1v) is 6.79. The van der Waals surface area contributed by atoms with Crippen molar-refractivity contribution < 1.29 is 14.3 Å². The highest BCUT2D eigenvalue weighted by molar-refractivity contribution is 7.99. The van der Waals surface area contributed by atoms with E-state index < -0.39 is 17.7 Å². The minimum Gasteiger partial charge on any atom is -0.444 e. The third-order valence-electron chi connectivity index (χ3n) is 2.18. The highest BCUT2D eigenvalue weighted by Crippen LogP contribution is 2.23. The molecule has 1 atom stereocenters. The third kappa shape index (κ3) is 4.15. The number of thioether (sulfide) groups is 1. The number of hydrogen-bond donors (Lipinski definition) is 1. The number of amides is 2. The van der Waals surface area contributed by atoms with E-state index in [0.29, 0.717) is 11.6 Å². The molecule has 0 aromatic rings. The summed E-state index contributed by atoms with van der Waals surface area (Å²) in [5.41, 5.74) is -0.565. The Kier molecular flexibility index (Phi) is 4.91. The Bertz CT molecular complexity index is 370. The standard InChI is InChI=1S/C12H18N2O3S/c1-5-6-13-10(15)9-7-18-8-14(9)11(16)17-12(2,3)4/h1,9H,6-8H2,2-4H3,(H,13,15)/t9-/m0/s1. The topological polar surface area (TPSA) is 58.6 Å². The van der Waals surface area contributed by atoms with Crippen LogP contribution in [0.15, 0.2) is 0 Å². The number of ether oxygens (including phenoxy) is 1. The van der Waals surface area contributed by atoms with Crippen molar-refractivity contribution in [1.82, 2.24) is 10.2 Å². The Balaban J connectivity index is 2.62. The second kappa shape index (κ2) is 6.01. The molecule has 0 unspecified atom stereocenters. The zero-order valence-electron chi connectivity index (χ0n) is 10.9. The highest BCUT2D eigenvalue weighted by Gasteiger charge is 2.36. The van der Waals surface area contributed by atoms with Crippen LogP contribution in [0.1, 0.15) is 20.8 Å². The normalized spacial score (nSPS) is 19.2. The van der Waals surface area contributed by atoms with E-state index in [0.717, 1.165) is 0 Å². The van der Waals surface area contributed by atoms with Gasteiger partial charge in [-0.25, -0.2) is 4.79 Å². The number of hydrogen-bond acceptors (Lipinski definition) is 4. The van der Waals surface area contributed by atoms with Crippen LogP contribution in [-0.2, 0) is 9.53 Å². The fourth-order valence-corrected chi connectivity index (χ4v) is 2.56. The summed E-state index contributed by atoms with van der Waals surface area (Å²) < 4.78 is 5.26. The molecule has 1 N–H and O–H groups in total. The molecule has 0 saturated carbocycles. The average molecular weight is 270 g/mol. The molecular weight excluding hydrogens is 252 g/mol. The summed E-state index contributed by atoms with van der Waals surface area (Å²) >= 11 is 1.52. The van der Waals surface area contributed by atoms with Gasteiger partial charge in [-0.3, -0.25) is 9.69 Å². The predicted octanol–water partition coefficient (Wildman–Crippen LogP) is 1.05. The second-order valence-electron chi connectivity index (χ2n) is 4.89. The summed E-state index contributed by atoms with van der Waals surface area (Å²) in [6.45, 7) is 5.55. The highest BCUT2D eigenvalue weighted by atomic mass is 32.2. The number of rotatable bonds is 2. The zero-order valence-corrected chi connectivity index (χ0v) is 11.7. The summed E-state index contributed by atoms with van der Waals surface area (Å²) in [5.74, 6) is 3.12. The Morgan fingerprint density at radius 3 is 2.78 bits per heavy atom. The van der Waals surface area contributed by atoms with Gasteiger partial charge in [0.1, 0.15) is 11.6 Å². The fraction of sp³-hybridized carbons (Fsp3) is 0.667. The number of carbonyl (C=O) groups excluding carboxylic acids is 2. The van der Waals surface area contributed by atoms with Crippen LogP contribution in [0.25, 0.3) is 0 Å². The van der Waals surface area contributed by atoms with E-state index in [9.17, 15) is 9.59 Å². The molecule has 1 aliphatic heterocycles. The van der Waals surface area contributed by atoms with Crippen molar-refractivity contribution in [2.75, 3.05) is 18.2 Å². The first-order valence-electron chi connectivity index (χ1n) is 5.63. The molecule has 0 aromatic carbocycles. The third-order valence-corrected chi connectivity index (χ3v) is 3.19. The van der Waals surface area contributed by atoms with Gasteiger partial charge in [0.05, 0.1) is 12.4 Å². The SMILES string of the molecule is C#CCNC(=O)[C@@H]1CSCN1C(=O)OC(C)(C)C. The van der Waals surface area contributed by atoms with Crippen molar-refractivity contribution in [3.63, 3.8) is 0 Å². The van der Waals surface area contributed by atoms with E-state index in [1.807, 2.05) is 0 Å². The molecule has 1 heterocycles. The minimum absolute atomic E-state index is 0.169. The van der Waals surface area contributed by atoms with Crippen LogP contribution in [0.4, 0.5) is 4.79 Å². The molecule has 1 fully saturated rings. The van der Waals surface area contributed by atoms with Gasteiger partial charge in [0.15, 0.2) is 0 Å². The Morgan fingerprint density at radius 2 is 2.22 bits per heavy atom. The zero-order chi connectivity index (χ0) is 13.8. The molecular formula is C12H18N2O3S. The van der Waals surface area contributed by atoms with Crippen LogP contribution in [0, 0.1) is 12.3 Å². The van der Waals surface area contributed by atoms with Gasteiger partial charge in [-0.15, -0.1) is 18.2 Å². The van der Waals surface area contributed by atoms with Gasteiger partial charge in [0, 0.05) is 5.75 Å². The summed E-state index contributed by atoms with van der Waals surface area (Å²) in [7, 11) is 0. The van der Waals surface area contributed by atoms with Crippen LogP contribution >= 0.6 is 11.8 Å². The Morgan fingerprint density at radius 1 is 1.56 bits per heavy atom. The average Bonchev–Trinajstić information content (AvgIpc) is 2.72. The maximum atomic E-state index is 11.9. The quantitative estimate of drug-likeness (QED) is 0.762. The minimum atomic E-state index is -0.565. The van der Waals surface area contributed by atoms with Crippen LogP contribution < -0.4 is 5.32 Å². The van der Waals surface area contributed by atoms with Gasteiger partial charge in [-0.1, -0.05) is 5.92 Å². The van der Waals surface area contributed by atoms with E-state index in [2.05, 4.69) is 11.2 Å². The van der Waals surface area contributed by atoms with Crippen LogP contribution in [0.3, 0.4) is 0 Å². The van der Waals surface area contributed by atoms with Gasteiger partial charge in [-0.2, -0.15) is 0 Å². The van der Waals surface area contributed by atoms with Crippen LogP contribution in [0.5, 0.6) is 0 Å². The van der Waals surface area contributed by atoms with Crippen molar-refractivity contribution in [1.29, 1.82) is 0 Å². The fourth-order valence-electron chi connectivity index (χ4n) is 1.42. The second-order valence-corrected chi connectivity index (χ2v) is 5.89. The van der Waals surface area contributed by atoms with E-state index in [1.54, 1.807) is 20.8 Å². The lowest BCUT2D eigenvalue weighted by Gasteiger charge is -2.27. The molecule has 1 aliphatic rings. The molecule has 1 saturated heterocycles. The molecule has 0 aromatic heterocycles. The smallest absolute Gasteiger partial charge is 0.411 e. The maximum absolute atomic E-state index is 11.9. The molecule has 0 radical (unpaired) electrons. The van der Waals surface area contributed by atoms with E-state index in [-0.39, 0.29) is 12.5 Å². The number of nitrogens with one attached hydrogen (secondary N) is 1. The summed E-state index contributed by atoms with van der Waals surface area (Å²) in [5, 5.41) is 2.58. The molecule has 0 aliphatic carbocycles. The molecule has 0 spiro atoms. The van der Waals surface area contributed by atoms with Gasteiger partial charge >= 0.3 is 6.09 Å². The van der Waals surface area contributed by atoms with Crippen molar-refractivity contribution in [3.8, 4) is 12.3 Å². The van der Waals surface area contributed by atoms with Crippen molar-refractivity contribution in [2.24, 2.45) is 0 Å². The van der Waals surface area contributed by atoms with Crippen molar-refractivity contribution in [3.05, 3.63) is 0 Å². The van der Waals surface area contributed by atoms with E-state index in [1.165, 1.54) is 16.7 Å². The summed E-state index contributed by atoms with van der Waals surface area (Å²) in [4.78, 5) is 25.2. The predicted molar refractivity (Wildman–Crippen MR) is 71.0 cm³/mol. The monoisotopic (exact) mass is 270 g/mol. The van der Waals surface area contributed by atoms with E-state index in [4.69, 9.17) is 11.2 Å². The Hall–Kier alpha value is -1.35. The number of nitrogens with zero attached hydrogens (tertiary/aromatic N) is 1. The Labute approximate surface area is 112 Å². The molecule has 2 amide bonds. The molecule has 0 bridgehead atoms. The maximum Gasteiger partial charge on any atom is 0.411 e. The van der Waals surface area contributed by atoms with Gasteiger partial charge in [0.2, 0.25) is 5.91 Å². The number of carbonyl (C=O) groups is 2. The van der Waals surface area contributed by atoms with Crippen molar-refractivity contribution >= 4 is 23.8 Å². The number of terminal acetylenes is 1. The molecule has 6 heteroatoms. The lowest BCUT2D eigenvalue weighted by atomic mass is 10.2. The lowest BCUT2D eigenvalue weighted by Crippen LogP contribution is -2.48. The van der Waals surface area contributed by atoms with Crippen molar-refractivity contribution in [2.45, 2.75) is 32.4 Å². The van der Waals surface area contributed by atoms with Gasteiger partial charge in [-0.05, 0) is 20.8 Å². The van der Waals surface area contributed by atoms with Gasteiger partial charge < -0.3 is 10.1 Å². The van der Waals surface area contributed by atoms with E-state index >= 15 is 0 Å². The van der Waals surface area contributed by atoms with Gasteiger partial charge in [0.25, 0.3) is 0 Å². The first-order chi connectivity index (χ1) is 8.35. The molecule has 5 nitrogen and oxygen atoms in total. The molecule has 100 valence electrons. The summed E-state index contributed by atoms with van der Waals surface area (Å²) in [6, 6.07) is -0.502. The van der Waals surface area contributed by atoms with Crippen LogP contribution in [0.2, 0.25) is 0 Å². The first kappa shape index (κ1) is 14.7. The summed E-state index contributed by atoms with van der Waals surface area (Å²) in [6.07, 6.45) is 4.61.